The Morgan fingerprint density at radius 3 is 2.33 bits per heavy atom. The lowest BCUT2D eigenvalue weighted by Gasteiger charge is -2.19. The average molecular weight is 445 g/mol. The van der Waals surface area contributed by atoms with Crippen LogP contribution in [0.5, 0.6) is 0 Å². The van der Waals surface area contributed by atoms with Crippen molar-refractivity contribution in [2.24, 2.45) is 0 Å². The van der Waals surface area contributed by atoms with Crippen LogP contribution in [0, 0.1) is 23.3 Å². The van der Waals surface area contributed by atoms with Gasteiger partial charge < -0.3 is 10.3 Å². The van der Waals surface area contributed by atoms with E-state index in [-0.39, 0.29) is 22.2 Å². The van der Waals surface area contributed by atoms with Crippen molar-refractivity contribution in [2.45, 2.75) is 24.2 Å². The van der Waals surface area contributed by atoms with Crippen LogP contribution in [0.25, 0.3) is 0 Å². The van der Waals surface area contributed by atoms with E-state index in [9.17, 15) is 26.2 Å². The minimum Gasteiger partial charge on any atom is -0.354 e. The first-order valence-electron chi connectivity index (χ1n) is 8.41. The molecule has 0 amide bonds. The Labute approximate surface area is 168 Å². The Hall–Kier alpha value is -3.02. The number of imidazole rings is 1. The van der Waals surface area contributed by atoms with Crippen LogP contribution in [0.4, 0.5) is 27.8 Å². The Kier molecular flexibility index (Phi) is 5.54. The summed E-state index contributed by atoms with van der Waals surface area (Å²) in [6, 6.07) is 3.59. The molecule has 0 fully saturated rings. The maximum absolute atomic E-state index is 14.1. The first kappa shape index (κ1) is 21.7. The van der Waals surface area contributed by atoms with E-state index in [0.29, 0.717) is 11.8 Å². The van der Waals surface area contributed by atoms with Crippen LogP contribution in [0.1, 0.15) is 28.7 Å². The topological polar surface area (TPSA) is 94.5 Å². The number of anilines is 1. The summed E-state index contributed by atoms with van der Waals surface area (Å²) in [4.78, 5) is 10.6. The number of nitrogens with zero attached hydrogens (tertiary/aromatic N) is 2. The summed E-state index contributed by atoms with van der Waals surface area (Å²) in [5, 5.41) is 2.64. The van der Waals surface area contributed by atoms with Crippen molar-refractivity contribution in [3.8, 4) is 0 Å². The third kappa shape index (κ3) is 4.58. The predicted octanol–water partition coefficient (Wildman–Crippen LogP) is 4.65. The number of aromatic nitrogens is 3. The maximum Gasteiger partial charge on any atom is 0.416 e. The lowest BCUT2D eigenvalue weighted by Crippen LogP contribution is -2.17. The second kappa shape index (κ2) is 7.67. The molecular weight excluding hydrogens is 429 g/mol. The van der Waals surface area contributed by atoms with Crippen LogP contribution >= 0.6 is 0 Å². The fraction of sp³-hybridized carbons (Fsp3) is 0.222. The zero-order chi connectivity index (χ0) is 22.3. The molecule has 0 saturated carbocycles. The summed E-state index contributed by atoms with van der Waals surface area (Å²) in [6.45, 7) is 1.53. The number of hydrogen-bond acceptors (Lipinski definition) is 5. The molecule has 2 unspecified atom stereocenters. The Balaban J connectivity index is 2.09. The third-order valence-corrected chi connectivity index (χ3v) is 5.30. The normalized spacial score (nSPS) is 14.9. The molecule has 0 saturated heterocycles. The first-order valence-corrected chi connectivity index (χ1v) is 10.4. The molecule has 2 atom stereocenters. The van der Waals surface area contributed by atoms with Gasteiger partial charge in [0.05, 0.1) is 21.5 Å². The van der Waals surface area contributed by atoms with Crippen molar-refractivity contribution in [3.63, 3.8) is 0 Å². The minimum absolute atomic E-state index is 0.0382. The van der Waals surface area contributed by atoms with Crippen LogP contribution in [0.15, 0.2) is 41.6 Å². The van der Waals surface area contributed by atoms with Crippen LogP contribution in [0.3, 0.4) is 0 Å². The van der Waals surface area contributed by atoms with Gasteiger partial charge in [-0.25, -0.2) is 27.7 Å². The lowest BCUT2D eigenvalue weighted by molar-refractivity contribution is -0.137. The van der Waals surface area contributed by atoms with E-state index in [1.54, 1.807) is 0 Å². The van der Waals surface area contributed by atoms with Crippen molar-refractivity contribution in [1.29, 1.82) is 4.78 Å². The molecule has 3 rings (SSSR count). The van der Waals surface area contributed by atoms with Crippen LogP contribution in [-0.2, 0) is 15.9 Å². The molecule has 0 radical (unpaired) electrons. The fourth-order valence-corrected chi connectivity index (χ4v) is 3.72. The average Bonchev–Trinajstić information content (AvgIpc) is 3.02. The summed E-state index contributed by atoms with van der Waals surface area (Å²) in [5.41, 5.74) is -0.310. The smallest absolute Gasteiger partial charge is 0.354 e. The van der Waals surface area contributed by atoms with Crippen molar-refractivity contribution >= 4 is 15.5 Å². The van der Waals surface area contributed by atoms with Gasteiger partial charge in [-0.1, -0.05) is 12.1 Å². The highest BCUT2D eigenvalue weighted by Crippen LogP contribution is 2.32. The van der Waals surface area contributed by atoms with E-state index < -0.39 is 39.1 Å². The van der Waals surface area contributed by atoms with Gasteiger partial charge in [0.2, 0.25) is 0 Å². The zero-order valence-electron chi connectivity index (χ0n) is 15.6. The number of benzene rings is 1. The number of rotatable bonds is 5. The van der Waals surface area contributed by atoms with Gasteiger partial charge in [0.1, 0.15) is 17.7 Å². The number of nitrogens with one attached hydrogen (secondary N) is 3. The molecule has 3 N–H and O–H groups in total. The fourth-order valence-electron chi connectivity index (χ4n) is 2.81. The van der Waals surface area contributed by atoms with E-state index in [4.69, 9.17) is 4.78 Å². The van der Waals surface area contributed by atoms with E-state index in [2.05, 4.69) is 20.3 Å². The van der Waals surface area contributed by atoms with Gasteiger partial charge >= 0.3 is 6.18 Å². The number of aromatic amines is 1. The second-order valence-electron chi connectivity index (χ2n) is 6.58. The third-order valence-electron chi connectivity index (χ3n) is 4.16. The molecule has 0 aliphatic carbocycles. The van der Waals surface area contributed by atoms with E-state index in [1.165, 1.54) is 25.3 Å². The van der Waals surface area contributed by atoms with Gasteiger partial charge in [-0.15, -0.1) is 0 Å². The van der Waals surface area contributed by atoms with E-state index in [1.807, 2.05) is 0 Å². The number of H-pyrrole nitrogens is 1. The zero-order valence-corrected chi connectivity index (χ0v) is 16.5. The molecule has 2 aromatic heterocycles. The lowest BCUT2D eigenvalue weighted by atomic mass is 10.0. The van der Waals surface area contributed by atoms with Crippen LogP contribution in [0.2, 0.25) is 0 Å². The Morgan fingerprint density at radius 1 is 1.20 bits per heavy atom. The highest BCUT2D eigenvalue weighted by molar-refractivity contribution is 7.91. The molecule has 0 aliphatic rings. The van der Waals surface area contributed by atoms with Crippen molar-refractivity contribution in [1.82, 2.24) is 15.0 Å². The van der Waals surface area contributed by atoms with Crippen LogP contribution < -0.4 is 5.32 Å². The Morgan fingerprint density at radius 2 is 1.83 bits per heavy atom. The van der Waals surface area contributed by atoms with Gasteiger partial charge in [-0.2, -0.15) is 13.2 Å². The SMILES string of the molecule is Cc1[nH]c(C(Nc2ncc(F)cc2F)c2ccc(C(F)(F)F)cc2)nc1S(C)(=N)=O. The van der Waals surface area contributed by atoms with Gasteiger partial charge in [-0.3, -0.25) is 0 Å². The highest BCUT2D eigenvalue weighted by Gasteiger charge is 2.31. The summed E-state index contributed by atoms with van der Waals surface area (Å²) in [5.74, 6) is -2.20. The van der Waals surface area contributed by atoms with Crippen molar-refractivity contribution in [3.05, 3.63) is 70.8 Å². The number of pyridine rings is 1. The molecule has 2 heterocycles. The molecule has 3 aromatic rings. The molecule has 12 heteroatoms. The van der Waals surface area contributed by atoms with Gasteiger partial charge in [-0.05, 0) is 24.6 Å². The first-order chi connectivity index (χ1) is 13.9. The summed E-state index contributed by atoms with van der Waals surface area (Å²) in [6.07, 6.45) is -2.60. The molecular formula is C18H16F5N5OS. The summed E-state index contributed by atoms with van der Waals surface area (Å²) in [7, 11) is -3.20. The van der Waals surface area contributed by atoms with E-state index >= 15 is 0 Å². The van der Waals surface area contributed by atoms with Gasteiger partial charge in [0, 0.05) is 18.0 Å². The van der Waals surface area contributed by atoms with Gasteiger partial charge in [0.15, 0.2) is 16.7 Å². The predicted molar refractivity (Wildman–Crippen MR) is 99.4 cm³/mol. The highest BCUT2D eigenvalue weighted by atomic mass is 32.2. The quantitative estimate of drug-likeness (QED) is 0.499. The Bertz CT molecular complexity index is 1170. The molecule has 160 valence electrons. The molecule has 0 bridgehead atoms. The number of alkyl halides is 3. The largest absolute Gasteiger partial charge is 0.416 e. The van der Waals surface area contributed by atoms with Crippen molar-refractivity contribution in [2.75, 3.05) is 11.6 Å². The molecule has 6 nitrogen and oxygen atoms in total. The second-order valence-corrected chi connectivity index (χ2v) is 8.65. The molecule has 30 heavy (non-hydrogen) atoms. The van der Waals surface area contributed by atoms with Crippen molar-refractivity contribution < 1.29 is 26.2 Å². The summed E-state index contributed by atoms with van der Waals surface area (Å²) < 4.78 is 85.8. The molecule has 0 aliphatic heterocycles. The maximum atomic E-state index is 14.1. The van der Waals surface area contributed by atoms with Crippen LogP contribution in [-0.4, -0.2) is 25.4 Å². The molecule has 1 aromatic carbocycles. The monoisotopic (exact) mass is 445 g/mol. The number of hydrogen-bond donors (Lipinski definition) is 3. The van der Waals surface area contributed by atoms with E-state index in [0.717, 1.165) is 18.3 Å². The van der Waals surface area contributed by atoms with Gasteiger partial charge in [0.25, 0.3) is 0 Å². The standard InChI is InChI=1S/C18H16F5N5OS/c1-9-17(30(2,24)29)28-16(26-9)14(27-15-13(20)7-12(19)8-25-15)10-3-5-11(6-4-10)18(21,22)23/h3-8,14,24H,1-2H3,(H,25,27)(H,26,28). The summed E-state index contributed by atoms with van der Waals surface area (Å²) >= 11 is 0. The molecule has 0 spiro atoms. The number of aryl methyl sites for hydroxylation is 1. The number of halogens is 5. The minimum atomic E-state index is -4.54.